The highest BCUT2D eigenvalue weighted by Gasteiger charge is 2.46. The summed E-state index contributed by atoms with van der Waals surface area (Å²) in [5.74, 6) is -0.982. The van der Waals surface area contributed by atoms with Crippen molar-refractivity contribution in [1.29, 1.82) is 0 Å². The number of hydrogen-bond acceptors (Lipinski definition) is 6. The Morgan fingerprint density at radius 3 is 2.29 bits per heavy atom. The first-order chi connectivity index (χ1) is 9.77. The number of carbonyl (C=O) groups is 1. The van der Waals surface area contributed by atoms with Crippen LogP contribution in [0.2, 0.25) is 0 Å². The van der Waals surface area contributed by atoms with E-state index in [4.69, 9.17) is 26.0 Å². The number of aliphatic hydroxyl groups is 1. The van der Waals surface area contributed by atoms with E-state index in [1.54, 1.807) is 6.92 Å². The van der Waals surface area contributed by atoms with Crippen LogP contribution in [0, 0.1) is 5.41 Å². The third kappa shape index (κ3) is 7.20. The molecular weight excluding hydrogens is 351 g/mol. The third-order valence-electron chi connectivity index (χ3n) is 2.87. The van der Waals surface area contributed by atoms with Gasteiger partial charge in [-0.25, -0.2) is 0 Å². The second-order valence-corrected chi connectivity index (χ2v) is 14.3. The van der Waals surface area contributed by atoms with Gasteiger partial charge in [0.2, 0.25) is 0 Å². The molecule has 9 heteroatoms. The van der Waals surface area contributed by atoms with Gasteiger partial charge in [0, 0.05) is 19.6 Å². The van der Waals surface area contributed by atoms with Crippen LogP contribution in [-0.2, 0) is 30.8 Å². The van der Waals surface area contributed by atoms with Crippen LogP contribution in [0.1, 0.15) is 27.2 Å². The quantitative estimate of drug-likeness (QED) is 0.293. The second-order valence-electron chi connectivity index (χ2n) is 4.57. The van der Waals surface area contributed by atoms with Gasteiger partial charge in [-0.1, -0.05) is 18.7 Å². The van der Waals surface area contributed by atoms with E-state index in [2.05, 4.69) is 24.5 Å². The molecule has 2 atom stereocenters. The molecule has 0 aromatic carbocycles. The van der Waals surface area contributed by atoms with Crippen LogP contribution in [0.25, 0.3) is 0 Å². The van der Waals surface area contributed by atoms with Gasteiger partial charge < -0.3 is 19.3 Å². The molecule has 0 rings (SSSR count). The second kappa shape index (κ2) is 10.5. The van der Waals surface area contributed by atoms with Crippen LogP contribution in [0.15, 0.2) is 0 Å². The fourth-order valence-corrected chi connectivity index (χ4v) is 5.78. The van der Waals surface area contributed by atoms with Crippen LogP contribution in [-0.4, -0.2) is 50.0 Å². The van der Waals surface area contributed by atoms with Crippen molar-refractivity contribution in [3.05, 3.63) is 0 Å². The molecule has 0 fully saturated rings. The lowest BCUT2D eigenvalue weighted by Gasteiger charge is -2.40. The molecular formula is C12H25O5PS3. The number of ether oxygens (including phenoxy) is 3. The van der Waals surface area contributed by atoms with E-state index in [0.717, 1.165) is 0 Å². The molecule has 1 N–H and O–H groups in total. The van der Waals surface area contributed by atoms with Crippen molar-refractivity contribution in [2.24, 2.45) is 5.41 Å². The molecule has 0 amide bonds. The zero-order valence-corrected chi connectivity index (χ0v) is 16.1. The number of aliphatic hydroxyl groups excluding tert-OH is 1. The first-order valence-corrected chi connectivity index (χ1v) is 12.0. The van der Waals surface area contributed by atoms with Crippen LogP contribution >= 0.6 is 28.9 Å². The average Bonchev–Trinajstić information content (AvgIpc) is 2.44. The summed E-state index contributed by atoms with van der Waals surface area (Å²) < 4.78 is 13.9. The highest BCUT2D eigenvalue weighted by atomic mass is 33.2. The van der Waals surface area contributed by atoms with Crippen molar-refractivity contribution in [3.8, 4) is 0 Å². The molecule has 0 aliphatic rings. The maximum atomic E-state index is 11.4. The Morgan fingerprint density at radius 1 is 1.29 bits per heavy atom. The first kappa shape index (κ1) is 21.7. The molecule has 0 aromatic rings. The lowest BCUT2D eigenvalue weighted by atomic mass is 9.91. The SMILES string of the molecule is CCOCC(CO)(COC(=O)CC)C(OCC)P(=S)(S)S. The fourth-order valence-electron chi connectivity index (χ4n) is 1.77. The van der Waals surface area contributed by atoms with Gasteiger partial charge in [-0.05, 0) is 13.8 Å². The molecule has 0 aliphatic heterocycles. The summed E-state index contributed by atoms with van der Waals surface area (Å²) in [6.45, 7) is 6.03. The van der Waals surface area contributed by atoms with Crippen LogP contribution < -0.4 is 0 Å². The van der Waals surface area contributed by atoms with Crippen molar-refractivity contribution >= 4 is 46.7 Å². The Balaban J connectivity index is 5.38. The molecule has 21 heavy (non-hydrogen) atoms. The molecule has 0 aromatic heterocycles. The van der Waals surface area contributed by atoms with Gasteiger partial charge in [-0.3, -0.25) is 4.79 Å². The summed E-state index contributed by atoms with van der Waals surface area (Å²) in [5, 5.41) is 9.90. The number of esters is 1. The minimum Gasteiger partial charge on any atom is -0.465 e. The highest BCUT2D eigenvalue weighted by molar-refractivity contribution is 8.92. The number of rotatable bonds is 11. The van der Waals surface area contributed by atoms with E-state index in [9.17, 15) is 9.90 Å². The van der Waals surface area contributed by atoms with Gasteiger partial charge >= 0.3 is 5.97 Å². The minimum atomic E-state index is -2.47. The summed E-state index contributed by atoms with van der Waals surface area (Å²) in [6.07, 6.45) is 0.255. The van der Waals surface area contributed by atoms with Crippen LogP contribution in [0.5, 0.6) is 0 Å². The summed E-state index contributed by atoms with van der Waals surface area (Å²) in [7, 11) is 0. The van der Waals surface area contributed by atoms with Gasteiger partial charge in [-0.15, -0.1) is 24.5 Å². The highest BCUT2D eigenvalue weighted by Crippen LogP contribution is 2.65. The maximum Gasteiger partial charge on any atom is 0.305 e. The predicted octanol–water partition coefficient (Wildman–Crippen LogP) is 2.49. The van der Waals surface area contributed by atoms with Crippen molar-refractivity contribution in [2.75, 3.05) is 33.0 Å². The predicted molar refractivity (Wildman–Crippen MR) is 94.9 cm³/mol. The molecule has 0 radical (unpaired) electrons. The largest absolute Gasteiger partial charge is 0.465 e. The smallest absolute Gasteiger partial charge is 0.305 e. The van der Waals surface area contributed by atoms with E-state index in [-0.39, 0.29) is 32.2 Å². The normalized spacial score (nSPS) is 16.3. The molecule has 0 heterocycles. The summed E-state index contributed by atoms with van der Waals surface area (Å²) in [5.41, 5.74) is -0.962. The Labute approximate surface area is 142 Å². The minimum absolute atomic E-state index is 0.0413. The van der Waals surface area contributed by atoms with E-state index < -0.39 is 15.7 Å². The molecule has 0 saturated carbocycles. The summed E-state index contributed by atoms with van der Waals surface area (Å²) in [6, 6.07) is 0. The Kier molecular flexibility index (Phi) is 10.8. The molecule has 2 unspecified atom stereocenters. The Hall–Kier alpha value is 0.700. The Bertz CT molecular complexity index is 363. The van der Waals surface area contributed by atoms with Crippen LogP contribution in [0.4, 0.5) is 0 Å². The maximum absolute atomic E-state index is 11.4. The number of carbonyl (C=O) groups excluding carboxylic acids is 1. The van der Waals surface area contributed by atoms with E-state index in [1.165, 1.54) is 0 Å². The standard InChI is InChI=1S/C12H25O5PS3/c1-4-10(14)17-9-12(7-13,8-15-5-2)11(16-6-3)18(19,20)21/h11,13H,4-9H2,1-3H3,(H2,19,20,21). The van der Waals surface area contributed by atoms with Crippen molar-refractivity contribution < 1.29 is 24.1 Å². The lowest BCUT2D eigenvalue weighted by molar-refractivity contribution is -0.155. The summed E-state index contributed by atoms with van der Waals surface area (Å²) >= 11 is 14.1. The van der Waals surface area contributed by atoms with E-state index in [1.807, 2.05) is 13.8 Å². The lowest BCUT2D eigenvalue weighted by Crippen LogP contribution is -2.47. The molecule has 0 bridgehead atoms. The van der Waals surface area contributed by atoms with Gasteiger partial charge in [0.15, 0.2) is 0 Å². The topological polar surface area (TPSA) is 65.0 Å². The fraction of sp³-hybridized carbons (Fsp3) is 0.917. The first-order valence-electron chi connectivity index (χ1n) is 6.78. The number of thiol groups is 2. The van der Waals surface area contributed by atoms with Crippen molar-refractivity contribution in [2.45, 2.75) is 33.0 Å². The zero-order valence-electron chi connectivity index (χ0n) is 12.7. The zero-order chi connectivity index (χ0) is 16.5. The number of hydrogen-bond donors (Lipinski definition) is 3. The van der Waals surface area contributed by atoms with Crippen molar-refractivity contribution in [3.63, 3.8) is 0 Å². The summed E-state index contributed by atoms with van der Waals surface area (Å²) in [4.78, 5) is 11.4. The molecule has 126 valence electrons. The molecule has 0 saturated heterocycles. The van der Waals surface area contributed by atoms with E-state index in [0.29, 0.717) is 13.2 Å². The van der Waals surface area contributed by atoms with Gasteiger partial charge in [-0.2, -0.15) is 0 Å². The van der Waals surface area contributed by atoms with E-state index >= 15 is 0 Å². The Morgan fingerprint density at radius 2 is 1.90 bits per heavy atom. The average molecular weight is 377 g/mol. The van der Waals surface area contributed by atoms with Gasteiger partial charge in [0.25, 0.3) is 0 Å². The molecule has 0 aliphatic carbocycles. The van der Waals surface area contributed by atoms with Crippen LogP contribution in [0.3, 0.4) is 0 Å². The monoisotopic (exact) mass is 376 g/mol. The third-order valence-corrected chi connectivity index (χ3v) is 6.01. The van der Waals surface area contributed by atoms with Crippen molar-refractivity contribution in [1.82, 2.24) is 0 Å². The molecule has 5 nitrogen and oxygen atoms in total. The van der Waals surface area contributed by atoms with Gasteiger partial charge in [0.05, 0.1) is 23.1 Å². The molecule has 0 spiro atoms. The van der Waals surface area contributed by atoms with Gasteiger partial charge in [0.1, 0.15) is 12.5 Å².